The van der Waals surface area contributed by atoms with Crippen LogP contribution in [0.4, 0.5) is 0 Å². The molecule has 7 atom stereocenters. The highest BCUT2D eigenvalue weighted by Gasteiger charge is 2.52. The highest BCUT2D eigenvalue weighted by atomic mass is 28.4. The molecule has 1 saturated heterocycles. The van der Waals surface area contributed by atoms with Gasteiger partial charge in [-0.2, -0.15) is 0 Å². The van der Waals surface area contributed by atoms with Crippen molar-refractivity contribution in [2.75, 3.05) is 35.0 Å². The zero-order valence-electron chi connectivity index (χ0n) is 35.1. The number of carbonyl (C=O) groups excluding carboxylic acids is 1. The lowest BCUT2D eigenvalue weighted by atomic mass is 9.80. The van der Waals surface area contributed by atoms with Crippen LogP contribution in [0.5, 0.6) is 5.75 Å². The fourth-order valence-electron chi connectivity index (χ4n) is 6.09. The number of rotatable bonds is 18. The Bertz CT molecular complexity index is 1250. The van der Waals surface area contributed by atoms with E-state index in [9.17, 15) is 4.79 Å². The lowest BCUT2D eigenvalue weighted by Crippen LogP contribution is -2.59. The number of benzene rings is 1. The van der Waals surface area contributed by atoms with Crippen molar-refractivity contribution in [1.29, 1.82) is 0 Å². The predicted molar refractivity (Wildman–Crippen MR) is 210 cm³/mol. The minimum absolute atomic E-state index is 0.0144. The molecule has 1 heterocycles. The summed E-state index contributed by atoms with van der Waals surface area (Å²) in [5.74, 6) is -0.814. The van der Waals surface area contributed by atoms with Gasteiger partial charge in [0, 0.05) is 32.5 Å². The van der Waals surface area contributed by atoms with Crippen LogP contribution in [0.15, 0.2) is 35.9 Å². The molecule has 0 saturated carbocycles. The van der Waals surface area contributed by atoms with Crippen LogP contribution in [0.25, 0.3) is 0 Å². The Morgan fingerprint density at radius 3 is 2.06 bits per heavy atom. The maximum Gasteiger partial charge on any atom is 0.310 e. The molecule has 0 amide bonds. The van der Waals surface area contributed by atoms with Gasteiger partial charge < -0.3 is 37.3 Å². The van der Waals surface area contributed by atoms with Gasteiger partial charge in [0.15, 0.2) is 22.4 Å². The van der Waals surface area contributed by atoms with Crippen LogP contribution in [-0.4, -0.2) is 87.9 Å². The topological polar surface area (TPSA) is 90.9 Å². The molecule has 1 aromatic carbocycles. The molecule has 0 N–H and O–H groups in total. The van der Waals surface area contributed by atoms with Gasteiger partial charge in [0.1, 0.15) is 5.75 Å². The Labute approximate surface area is 312 Å². The Morgan fingerprint density at radius 1 is 0.980 bits per heavy atom. The zero-order chi connectivity index (χ0) is 39.0. The molecule has 11 heteroatoms. The van der Waals surface area contributed by atoms with Crippen LogP contribution in [-0.2, 0) is 43.9 Å². The molecular formula is C40H72O9Si2. The first-order chi connectivity index (χ1) is 23.4. The van der Waals surface area contributed by atoms with Gasteiger partial charge in [0.05, 0.1) is 58.3 Å². The normalized spacial score (nSPS) is 24.2. The molecule has 1 aliphatic rings. The van der Waals surface area contributed by atoms with Gasteiger partial charge in [0.25, 0.3) is 0 Å². The van der Waals surface area contributed by atoms with Crippen molar-refractivity contribution in [1.82, 2.24) is 0 Å². The maximum atomic E-state index is 12.7. The third kappa shape index (κ3) is 12.8. The van der Waals surface area contributed by atoms with Crippen molar-refractivity contribution in [3.63, 3.8) is 0 Å². The van der Waals surface area contributed by atoms with Crippen LogP contribution in [0, 0.1) is 11.8 Å². The first-order valence-electron chi connectivity index (χ1n) is 18.5. The fourth-order valence-corrected chi connectivity index (χ4v) is 8.84. The molecule has 0 spiro atoms. The van der Waals surface area contributed by atoms with Crippen molar-refractivity contribution in [3.8, 4) is 5.75 Å². The van der Waals surface area contributed by atoms with E-state index >= 15 is 0 Å². The number of ether oxygens (including phenoxy) is 6. The van der Waals surface area contributed by atoms with E-state index in [-0.39, 0.29) is 58.7 Å². The van der Waals surface area contributed by atoms with Crippen LogP contribution < -0.4 is 4.74 Å². The molecule has 0 radical (unpaired) electrons. The summed E-state index contributed by atoms with van der Waals surface area (Å²) in [5, 5.41) is 0.0679. The lowest BCUT2D eigenvalue weighted by molar-refractivity contribution is -0.310. The van der Waals surface area contributed by atoms with Crippen LogP contribution >= 0.6 is 0 Å². The monoisotopic (exact) mass is 752 g/mol. The van der Waals surface area contributed by atoms with Gasteiger partial charge >= 0.3 is 5.97 Å². The molecule has 51 heavy (non-hydrogen) atoms. The van der Waals surface area contributed by atoms with Crippen LogP contribution in [0.3, 0.4) is 0 Å². The average Bonchev–Trinajstić information content (AvgIpc) is 3.03. The standard InChI is InChI=1S/C40H72O9Si2/c1-28(22-33(48-50(14,15)38(4,5)6)27-46-26-31-18-20-32(42-10)21-19-31)23-34(43-11)29(2)37-30(3)35(49-51(16,17)39(7,8)9)24-40(45-13,47-37)25-36(41)44-12/h18-21,23,29-30,33-35,37H,22,24-27H2,1-17H3/b28-23+/t29-,30-,33-,34-,35+,37+,40+/m1/s1. The maximum absolute atomic E-state index is 12.7. The quantitative estimate of drug-likeness (QED) is 0.0827. The third-order valence-electron chi connectivity index (χ3n) is 11.5. The van der Waals surface area contributed by atoms with E-state index in [0.29, 0.717) is 26.1 Å². The van der Waals surface area contributed by atoms with Gasteiger partial charge in [-0.05, 0) is 67.3 Å². The van der Waals surface area contributed by atoms with E-state index in [2.05, 4.69) is 94.6 Å². The van der Waals surface area contributed by atoms with Crippen molar-refractivity contribution in [3.05, 3.63) is 41.5 Å². The molecule has 1 aliphatic heterocycles. The second-order valence-corrected chi connectivity index (χ2v) is 27.1. The van der Waals surface area contributed by atoms with Gasteiger partial charge in [-0.25, -0.2) is 0 Å². The fraction of sp³-hybridized carbons (Fsp3) is 0.775. The third-order valence-corrected chi connectivity index (χ3v) is 20.6. The van der Waals surface area contributed by atoms with Gasteiger partial charge in [0.2, 0.25) is 0 Å². The van der Waals surface area contributed by atoms with Crippen molar-refractivity contribution < 1.29 is 42.1 Å². The van der Waals surface area contributed by atoms with Crippen LogP contribution in [0.1, 0.15) is 87.1 Å². The molecule has 0 unspecified atom stereocenters. The smallest absolute Gasteiger partial charge is 0.310 e. The molecule has 9 nitrogen and oxygen atoms in total. The molecule has 294 valence electrons. The average molecular weight is 753 g/mol. The van der Waals surface area contributed by atoms with Gasteiger partial charge in [-0.15, -0.1) is 0 Å². The first-order valence-corrected chi connectivity index (χ1v) is 24.3. The summed E-state index contributed by atoms with van der Waals surface area (Å²) in [4.78, 5) is 12.7. The predicted octanol–water partition coefficient (Wildman–Crippen LogP) is 9.31. The van der Waals surface area contributed by atoms with Crippen LogP contribution in [0.2, 0.25) is 36.3 Å². The highest BCUT2D eigenvalue weighted by Crippen LogP contribution is 2.45. The SMILES string of the molecule is COC(=O)C[C@]1(OC)C[C@H](O[Si](C)(C)C(C)(C)C)[C@@H](C)[C@H]([C@H](C)[C@@H](/C=C(\C)C[C@H](COCc2ccc(OC)cc2)O[Si](C)(C)C(C)(C)C)OC)O1. The molecular weight excluding hydrogens is 681 g/mol. The number of hydrogen-bond acceptors (Lipinski definition) is 9. The van der Waals surface area contributed by atoms with E-state index in [4.69, 9.17) is 37.3 Å². The molecule has 2 rings (SSSR count). The van der Waals surface area contributed by atoms with Gasteiger partial charge in [-0.1, -0.05) is 79.2 Å². The largest absolute Gasteiger partial charge is 0.497 e. The van der Waals surface area contributed by atoms with Gasteiger partial charge in [-0.3, -0.25) is 4.79 Å². The number of methoxy groups -OCH3 is 4. The van der Waals surface area contributed by atoms with E-state index < -0.39 is 22.4 Å². The lowest BCUT2D eigenvalue weighted by Gasteiger charge is -2.51. The molecule has 0 bridgehead atoms. The van der Waals surface area contributed by atoms with Crippen molar-refractivity contribution >= 4 is 22.6 Å². The minimum Gasteiger partial charge on any atom is -0.497 e. The van der Waals surface area contributed by atoms with Crippen molar-refractivity contribution in [2.45, 2.75) is 155 Å². The second-order valence-electron chi connectivity index (χ2n) is 17.6. The summed E-state index contributed by atoms with van der Waals surface area (Å²) in [5.41, 5.74) is 2.23. The molecule has 0 aliphatic carbocycles. The number of carbonyl (C=O) groups is 1. The first kappa shape index (κ1) is 45.6. The Balaban J connectivity index is 2.38. The van der Waals surface area contributed by atoms with E-state index in [1.165, 1.54) is 7.11 Å². The molecule has 0 aromatic heterocycles. The Kier molecular flexibility index (Phi) is 16.7. The Morgan fingerprint density at radius 2 is 1.57 bits per heavy atom. The highest BCUT2D eigenvalue weighted by molar-refractivity contribution is 6.74. The summed E-state index contributed by atoms with van der Waals surface area (Å²) in [6.07, 6.45) is 2.41. The summed E-state index contributed by atoms with van der Waals surface area (Å²) in [6, 6.07) is 7.95. The number of esters is 1. The second kappa shape index (κ2) is 18.6. The summed E-state index contributed by atoms with van der Waals surface area (Å²) >= 11 is 0. The summed E-state index contributed by atoms with van der Waals surface area (Å²) in [7, 11) is 2.13. The summed E-state index contributed by atoms with van der Waals surface area (Å²) < 4.78 is 49.7. The Hall–Kier alpha value is -1.58. The molecule has 1 aromatic rings. The van der Waals surface area contributed by atoms with E-state index in [1.54, 1.807) is 21.3 Å². The van der Waals surface area contributed by atoms with Crippen molar-refractivity contribution in [2.24, 2.45) is 11.8 Å². The number of hydrogen-bond donors (Lipinski definition) is 0. The van der Waals surface area contributed by atoms with E-state index in [1.807, 2.05) is 24.3 Å². The zero-order valence-corrected chi connectivity index (χ0v) is 37.1. The van der Waals surface area contributed by atoms with E-state index in [0.717, 1.165) is 16.9 Å². The molecule has 1 fully saturated rings. The minimum atomic E-state index is -2.17. The summed E-state index contributed by atoms with van der Waals surface area (Å²) in [6.45, 7) is 30.0.